The molecular weight excluding hydrogens is 254 g/mol. The molecule has 1 aromatic rings. The molecule has 0 fully saturated rings. The number of ether oxygens (including phenoxy) is 1. The molecule has 1 amide bonds. The van der Waals surface area contributed by atoms with Crippen LogP contribution in [0.5, 0.6) is 5.75 Å². The van der Waals surface area contributed by atoms with Crippen molar-refractivity contribution >= 4 is 23.6 Å². The summed E-state index contributed by atoms with van der Waals surface area (Å²) >= 11 is 1.30. The van der Waals surface area contributed by atoms with Gasteiger partial charge in [0.1, 0.15) is 11.8 Å². The predicted octanol–water partition coefficient (Wildman–Crippen LogP) is 1.38. The highest BCUT2D eigenvalue weighted by molar-refractivity contribution is 8.00. The highest BCUT2D eigenvalue weighted by Crippen LogP contribution is 2.28. The van der Waals surface area contributed by atoms with Gasteiger partial charge in [-0.15, -0.1) is 11.8 Å². The largest absolute Gasteiger partial charge is 0.496 e. The normalized spacial score (nSPS) is 11.7. The summed E-state index contributed by atoms with van der Waals surface area (Å²) in [5, 5.41) is 11.0. The van der Waals surface area contributed by atoms with Gasteiger partial charge in [0.15, 0.2) is 0 Å². The number of carbonyl (C=O) groups excluding carboxylic acids is 1. The average molecular weight is 269 g/mol. The Morgan fingerprint density at radius 2 is 2.11 bits per heavy atom. The molecule has 0 saturated heterocycles. The molecule has 1 aromatic carbocycles. The first-order chi connectivity index (χ1) is 8.54. The molecule has 98 valence electrons. The number of carboxylic acid groups (broad SMARTS) is 1. The highest BCUT2D eigenvalue weighted by atomic mass is 32.2. The topological polar surface area (TPSA) is 75.6 Å². The standard InChI is InChI=1S/C12H15NO4S/c1-8(12(15)16)13-11(14)7-18-10-6-4-3-5-9(10)17-2/h3-6,8H,7H2,1-2H3,(H,13,14)(H,15,16). The van der Waals surface area contributed by atoms with Crippen LogP contribution in [0.2, 0.25) is 0 Å². The number of nitrogens with one attached hydrogen (secondary N) is 1. The predicted molar refractivity (Wildman–Crippen MR) is 69.0 cm³/mol. The molecule has 0 spiro atoms. The summed E-state index contributed by atoms with van der Waals surface area (Å²) in [6.07, 6.45) is 0. The smallest absolute Gasteiger partial charge is 0.325 e. The van der Waals surface area contributed by atoms with Gasteiger partial charge in [-0.05, 0) is 19.1 Å². The third-order valence-electron chi connectivity index (χ3n) is 2.18. The second-order valence-electron chi connectivity index (χ2n) is 3.57. The Kier molecular flexibility index (Phi) is 5.51. The molecule has 0 aliphatic heterocycles. The van der Waals surface area contributed by atoms with Crippen molar-refractivity contribution in [2.45, 2.75) is 17.9 Å². The molecule has 0 radical (unpaired) electrons. The molecule has 2 N–H and O–H groups in total. The summed E-state index contributed by atoms with van der Waals surface area (Å²) < 4.78 is 5.15. The van der Waals surface area contributed by atoms with Crippen molar-refractivity contribution in [3.05, 3.63) is 24.3 Å². The van der Waals surface area contributed by atoms with Gasteiger partial charge in [0.05, 0.1) is 12.9 Å². The minimum Gasteiger partial charge on any atom is -0.496 e. The quantitative estimate of drug-likeness (QED) is 0.763. The van der Waals surface area contributed by atoms with Gasteiger partial charge in [0.2, 0.25) is 5.91 Å². The molecule has 18 heavy (non-hydrogen) atoms. The van der Waals surface area contributed by atoms with Crippen LogP contribution in [0.25, 0.3) is 0 Å². The number of methoxy groups -OCH3 is 1. The van der Waals surface area contributed by atoms with E-state index in [4.69, 9.17) is 9.84 Å². The highest BCUT2D eigenvalue weighted by Gasteiger charge is 2.14. The van der Waals surface area contributed by atoms with Crippen molar-refractivity contribution in [3.63, 3.8) is 0 Å². The molecule has 0 saturated carbocycles. The number of carbonyl (C=O) groups is 2. The van der Waals surface area contributed by atoms with E-state index < -0.39 is 12.0 Å². The Hall–Kier alpha value is -1.69. The summed E-state index contributed by atoms with van der Waals surface area (Å²) in [6.45, 7) is 1.42. The zero-order chi connectivity index (χ0) is 13.5. The second kappa shape index (κ2) is 6.90. The fraction of sp³-hybridized carbons (Fsp3) is 0.333. The molecule has 0 bridgehead atoms. The van der Waals surface area contributed by atoms with Crippen LogP contribution in [0.4, 0.5) is 0 Å². The molecule has 1 unspecified atom stereocenters. The Morgan fingerprint density at radius 3 is 2.72 bits per heavy atom. The maximum absolute atomic E-state index is 11.5. The van der Waals surface area contributed by atoms with Crippen molar-refractivity contribution in [1.29, 1.82) is 0 Å². The zero-order valence-corrected chi connectivity index (χ0v) is 11.0. The number of amides is 1. The van der Waals surface area contributed by atoms with Crippen molar-refractivity contribution in [1.82, 2.24) is 5.32 Å². The molecule has 0 heterocycles. The van der Waals surface area contributed by atoms with Crippen LogP contribution in [-0.4, -0.2) is 35.9 Å². The summed E-state index contributed by atoms with van der Waals surface area (Å²) in [7, 11) is 1.56. The second-order valence-corrected chi connectivity index (χ2v) is 4.58. The first-order valence-electron chi connectivity index (χ1n) is 5.32. The van der Waals surface area contributed by atoms with E-state index in [1.165, 1.54) is 18.7 Å². The number of para-hydroxylation sites is 1. The molecule has 1 atom stereocenters. The number of hydrogen-bond donors (Lipinski definition) is 2. The maximum Gasteiger partial charge on any atom is 0.325 e. The number of rotatable bonds is 6. The van der Waals surface area contributed by atoms with Crippen LogP contribution < -0.4 is 10.1 Å². The lowest BCUT2D eigenvalue weighted by Crippen LogP contribution is -2.39. The molecule has 6 heteroatoms. The third-order valence-corrected chi connectivity index (χ3v) is 3.23. The van der Waals surface area contributed by atoms with Crippen LogP contribution in [0.1, 0.15) is 6.92 Å². The molecule has 0 aromatic heterocycles. The maximum atomic E-state index is 11.5. The number of thioether (sulfide) groups is 1. The van der Waals surface area contributed by atoms with E-state index >= 15 is 0 Å². The fourth-order valence-corrected chi connectivity index (χ4v) is 2.06. The first kappa shape index (κ1) is 14.4. The van der Waals surface area contributed by atoms with E-state index in [2.05, 4.69) is 5.32 Å². The number of aliphatic carboxylic acids is 1. The molecule has 1 rings (SSSR count). The van der Waals surface area contributed by atoms with Crippen molar-refractivity contribution in [2.24, 2.45) is 0 Å². The summed E-state index contributed by atoms with van der Waals surface area (Å²) in [5.74, 6) is -0.522. The average Bonchev–Trinajstić information content (AvgIpc) is 2.36. The number of hydrogen-bond acceptors (Lipinski definition) is 4. The molecule has 5 nitrogen and oxygen atoms in total. The van der Waals surface area contributed by atoms with Gasteiger partial charge in [-0.25, -0.2) is 0 Å². The van der Waals surface area contributed by atoms with Crippen molar-refractivity contribution < 1.29 is 19.4 Å². The minimum atomic E-state index is -1.05. The lowest BCUT2D eigenvalue weighted by molar-refractivity contribution is -0.140. The Balaban J connectivity index is 2.50. The SMILES string of the molecule is COc1ccccc1SCC(=O)NC(C)C(=O)O. The molecular formula is C12H15NO4S. The van der Waals surface area contributed by atoms with Gasteiger partial charge in [-0.2, -0.15) is 0 Å². The van der Waals surface area contributed by atoms with E-state index in [9.17, 15) is 9.59 Å². The monoisotopic (exact) mass is 269 g/mol. The van der Waals surface area contributed by atoms with E-state index in [1.807, 2.05) is 18.2 Å². The van der Waals surface area contributed by atoms with E-state index in [0.717, 1.165) is 4.90 Å². The molecule has 0 aliphatic rings. The third kappa shape index (κ3) is 4.29. The Morgan fingerprint density at radius 1 is 1.44 bits per heavy atom. The zero-order valence-electron chi connectivity index (χ0n) is 10.2. The van der Waals surface area contributed by atoms with E-state index in [-0.39, 0.29) is 11.7 Å². The van der Waals surface area contributed by atoms with Gasteiger partial charge in [0, 0.05) is 4.90 Å². The van der Waals surface area contributed by atoms with Gasteiger partial charge in [-0.1, -0.05) is 12.1 Å². The van der Waals surface area contributed by atoms with Crippen molar-refractivity contribution in [2.75, 3.05) is 12.9 Å². The van der Waals surface area contributed by atoms with Crippen LogP contribution >= 0.6 is 11.8 Å². The minimum absolute atomic E-state index is 0.151. The summed E-state index contributed by atoms with van der Waals surface area (Å²) in [4.78, 5) is 22.9. The van der Waals surface area contributed by atoms with Gasteiger partial charge < -0.3 is 15.2 Å². The Labute approximate surface area is 110 Å². The van der Waals surface area contributed by atoms with Gasteiger partial charge >= 0.3 is 5.97 Å². The first-order valence-corrected chi connectivity index (χ1v) is 6.31. The fourth-order valence-electron chi connectivity index (χ4n) is 1.23. The lowest BCUT2D eigenvalue weighted by atomic mass is 10.3. The van der Waals surface area contributed by atoms with Crippen LogP contribution in [0, 0.1) is 0 Å². The number of carboxylic acids is 1. The summed E-state index contributed by atoms with van der Waals surface area (Å²) in [6, 6.07) is 6.46. The van der Waals surface area contributed by atoms with Crippen LogP contribution in [0.15, 0.2) is 29.2 Å². The summed E-state index contributed by atoms with van der Waals surface area (Å²) in [5.41, 5.74) is 0. The van der Waals surface area contributed by atoms with Crippen molar-refractivity contribution in [3.8, 4) is 5.75 Å². The number of benzene rings is 1. The van der Waals surface area contributed by atoms with Crippen LogP contribution in [0.3, 0.4) is 0 Å². The van der Waals surface area contributed by atoms with Gasteiger partial charge in [0.25, 0.3) is 0 Å². The van der Waals surface area contributed by atoms with Crippen LogP contribution in [-0.2, 0) is 9.59 Å². The van der Waals surface area contributed by atoms with E-state index in [1.54, 1.807) is 13.2 Å². The van der Waals surface area contributed by atoms with E-state index in [0.29, 0.717) is 5.75 Å². The Bertz CT molecular complexity index is 436. The molecule has 0 aliphatic carbocycles. The lowest BCUT2D eigenvalue weighted by Gasteiger charge is -2.10. The van der Waals surface area contributed by atoms with Gasteiger partial charge in [-0.3, -0.25) is 9.59 Å².